The summed E-state index contributed by atoms with van der Waals surface area (Å²) in [6.07, 6.45) is -0.456. The van der Waals surface area contributed by atoms with Crippen LogP contribution in [0.5, 0.6) is 5.75 Å². The number of amides is 1. The molecule has 7 nitrogen and oxygen atoms in total. The zero-order valence-corrected chi connectivity index (χ0v) is 13.6. The van der Waals surface area contributed by atoms with Crippen molar-refractivity contribution in [1.29, 1.82) is 0 Å². The highest BCUT2D eigenvalue weighted by Gasteiger charge is 2.23. The first-order valence-electron chi connectivity index (χ1n) is 7.36. The number of carbonyl (C=O) groups excluding carboxylic acids is 2. The molecule has 1 saturated heterocycles. The quantitative estimate of drug-likeness (QED) is 0.789. The van der Waals surface area contributed by atoms with Gasteiger partial charge < -0.3 is 29.6 Å². The Morgan fingerprint density at radius 2 is 2.00 bits per heavy atom. The van der Waals surface area contributed by atoms with Crippen LogP contribution in [-0.2, 0) is 20.9 Å². The third-order valence-electron chi connectivity index (χ3n) is 3.39. The highest BCUT2D eigenvalue weighted by atomic mass is 16.5. The number of aliphatic hydroxyl groups excluding tert-OH is 1. The number of likely N-dealkylation sites (N-methyl/N-ethyl adjacent to an activating group) is 1. The lowest BCUT2D eigenvalue weighted by Crippen LogP contribution is -2.34. The third-order valence-corrected chi connectivity index (χ3v) is 3.39. The average Bonchev–Trinajstić information content (AvgIpc) is 2.58. The van der Waals surface area contributed by atoms with Crippen molar-refractivity contribution in [3.8, 4) is 5.75 Å². The summed E-state index contributed by atoms with van der Waals surface area (Å²) in [7, 11) is 2.11. The van der Waals surface area contributed by atoms with Gasteiger partial charge in [0.1, 0.15) is 12.5 Å². The maximum atomic E-state index is 11.3. The van der Waals surface area contributed by atoms with E-state index < -0.39 is 6.10 Å². The van der Waals surface area contributed by atoms with Crippen molar-refractivity contribution in [3.63, 3.8) is 0 Å². The molecule has 1 amide bonds. The molecule has 128 valence electrons. The lowest BCUT2D eigenvalue weighted by molar-refractivity contribution is -0.122. The van der Waals surface area contributed by atoms with Crippen LogP contribution < -0.4 is 10.1 Å². The van der Waals surface area contributed by atoms with Crippen molar-refractivity contribution < 1.29 is 24.2 Å². The van der Waals surface area contributed by atoms with Gasteiger partial charge in [-0.2, -0.15) is 0 Å². The van der Waals surface area contributed by atoms with Crippen molar-refractivity contribution >= 4 is 18.4 Å². The first-order valence-corrected chi connectivity index (χ1v) is 7.36. The second-order valence-corrected chi connectivity index (χ2v) is 5.15. The number of aliphatic hydroxyl groups is 1. The van der Waals surface area contributed by atoms with Crippen molar-refractivity contribution in [2.75, 3.05) is 38.7 Å². The normalized spacial score (nSPS) is 19.8. The lowest BCUT2D eigenvalue weighted by atomic mass is 10.1. The van der Waals surface area contributed by atoms with E-state index in [2.05, 4.69) is 17.3 Å². The van der Waals surface area contributed by atoms with Crippen molar-refractivity contribution in [1.82, 2.24) is 4.90 Å². The second-order valence-electron chi connectivity index (χ2n) is 5.15. The molecular weight excluding hydrogens is 300 g/mol. The van der Waals surface area contributed by atoms with Crippen LogP contribution in [0.1, 0.15) is 12.5 Å². The molecule has 7 heteroatoms. The predicted molar refractivity (Wildman–Crippen MR) is 86.5 cm³/mol. The molecular formula is C16H24N2O5. The van der Waals surface area contributed by atoms with Crippen LogP contribution in [0.4, 0.5) is 5.69 Å². The summed E-state index contributed by atoms with van der Waals surface area (Å²) in [5.41, 5.74) is 1.38. The Hall–Kier alpha value is -1.96. The molecule has 1 atom stereocenters. The number of anilines is 1. The number of hydrogen-bond acceptors (Lipinski definition) is 6. The Bertz CT molecular complexity index is 503. The summed E-state index contributed by atoms with van der Waals surface area (Å²) in [5.74, 6) is 0.488. The van der Waals surface area contributed by atoms with Gasteiger partial charge in [0.25, 0.3) is 5.91 Å². The zero-order chi connectivity index (χ0) is 17.2. The number of nitrogens with zero attached hydrogens (tertiary/aromatic N) is 1. The van der Waals surface area contributed by atoms with Gasteiger partial charge in [-0.15, -0.1) is 0 Å². The van der Waals surface area contributed by atoms with Gasteiger partial charge in [0.15, 0.2) is 6.10 Å². The number of ether oxygens (including phenoxy) is 2. The molecule has 0 bridgehead atoms. The lowest BCUT2D eigenvalue weighted by Gasteiger charge is -2.23. The van der Waals surface area contributed by atoms with Crippen molar-refractivity contribution in [3.05, 3.63) is 23.8 Å². The molecule has 0 aliphatic carbocycles. The maximum absolute atomic E-state index is 11.3. The average molecular weight is 324 g/mol. The van der Waals surface area contributed by atoms with Gasteiger partial charge in [0, 0.05) is 13.1 Å². The molecule has 1 aromatic carbocycles. The van der Waals surface area contributed by atoms with Crippen molar-refractivity contribution in [2.45, 2.75) is 19.6 Å². The maximum Gasteiger partial charge on any atom is 0.265 e. The van der Waals surface area contributed by atoms with E-state index in [1.54, 1.807) is 25.1 Å². The van der Waals surface area contributed by atoms with Gasteiger partial charge in [-0.3, -0.25) is 4.79 Å². The van der Waals surface area contributed by atoms with E-state index in [0.717, 1.165) is 31.9 Å². The molecule has 2 aliphatic heterocycles. The highest BCUT2D eigenvalue weighted by molar-refractivity contribution is 5.97. The summed E-state index contributed by atoms with van der Waals surface area (Å²) < 4.78 is 10.4. The molecule has 3 rings (SSSR count). The SMILES string of the molecule is C=O.CC1Oc2ccc(CO)cc2NC1=O.CN1CCOCC1. The number of hydrogen-bond donors (Lipinski definition) is 2. The Labute approximate surface area is 136 Å². The third kappa shape index (κ3) is 5.97. The molecule has 0 aromatic heterocycles. The van der Waals surface area contributed by atoms with Crippen LogP contribution in [0.15, 0.2) is 18.2 Å². The van der Waals surface area contributed by atoms with Crippen LogP contribution >= 0.6 is 0 Å². The number of carbonyl (C=O) groups is 2. The van der Waals surface area contributed by atoms with Crippen LogP contribution in [-0.4, -0.2) is 62.2 Å². The highest BCUT2D eigenvalue weighted by Crippen LogP contribution is 2.30. The van der Waals surface area contributed by atoms with E-state index in [1.165, 1.54) is 0 Å². The number of nitrogens with one attached hydrogen (secondary N) is 1. The molecule has 1 unspecified atom stereocenters. The first-order chi connectivity index (χ1) is 11.1. The number of rotatable bonds is 1. The Morgan fingerprint density at radius 3 is 2.52 bits per heavy atom. The Morgan fingerprint density at radius 1 is 1.35 bits per heavy atom. The second kappa shape index (κ2) is 9.94. The summed E-state index contributed by atoms with van der Waals surface area (Å²) in [6, 6.07) is 5.22. The Kier molecular flexibility index (Phi) is 8.25. The van der Waals surface area contributed by atoms with Gasteiger partial charge in [0.2, 0.25) is 0 Å². The number of benzene rings is 1. The fourth-order valence-electron chi connectivity index (χ4n) is 2.01. The fourth-order valence-corrected chi connectivity index (χ4v) is 2.01. The summed E-state index contributed by atoms with van der Waals surface area (Å²) in [6.45, 7) is 7.67. The fraction of sp³-hybridized carbons (Fsp3) is 0.500. The van der Waals surface area contributed by atoms with E-state index in [1.807, 2.05) is 6.79 Å². The molecule has 1 aromatic rings. The minimum atomic E-state index is -0.456. The molecule has 2 heterocycles. The van der Waals surface area contributed by atoms with Gasteiger partial charge in [-0.1, -0.05) is 6.07 Å². The molecule has 0 spiro atoms. The Balaban J connectivity index is 0.000000247. The van der Waals surface area contributed by atoms with E-state index in [-0.39, 0.29) is 12.5 Å². The molecule has 23 heavy (non-hydrogen) atoms. The number of fused-ring (bicyclic) bond motifs is 1. The largest absolute Gasteiger partial charge is 0.479 e. The zero-order valence-electron chi connectivity index (χ0n) is 13.6. The molecule has 2 N–H and O–H groups in total. The molecule has 1 fully saturated rings. The summed E-state index contributed by atoms with van der Waals surface area (Å²) in [5, 5.41) is 11.6. The van der Waals surface area contributed by atoms with Gasteiger partial charge in [0.05, 0.1) is 25.5 Å². The summed E-state index contributed by atoms with van der Waals surface area (Å²) in [4.78, 5) is 21.5. The van der Waals surface area contributed by atoms with E-state index in [9.17, 15) is 4.79 Å². The van der Waals surface area contributed by atoms with Crippen LogP contribution in [0.2, 0.25) is 0 Å². The van der Waals surface area contributed by atoms with Crippen molar-refractivity contribution in [2.24, 2.45) is 0 Å². The minimum Gasteiger partial charge on any atom is -0.479 e. The summed E-state index contributed by atoms with van der Waals surface area (Å²) >= 11 is 0. The topological polar surface area (TPSA) is 88.1 Å². The van der Waals surface area contributed by atoms with Crippen LogP contribution in [0, 0.1) is 0 Å². The predicted octanol–water partition coefficient (Wildman–Crippen LogP) is 0.662. The van der Waals surface area contributed by atoms with E-state index >= 15 is 0 Å². The van der Waals surface area contributed by atoms with Gasteiger partial charge in [-0.25, -0.2) is 0 Å². The van der Waals surface area contributed by atoms with Gasteiger partial charge in [-0.05, 0) is 31.7 Å². The smallest absolute Gasteiger partial charge is 0.265 e. The van der Waals surface area contributed by atoms with Crippen LogP contribution in [0.25, 0.3) is 0 Å². The molecule has 0 radical (unpaired) electrons. The molecule has 0 saturated carbocycles. The van der Waals surface area contributed by atoms with E-state index in [4.69, 9.17) is 19.4 Å². The van der Waals surface area contributed by atoms with Crippen LogP contribution in [0.3, 0.4) is 0 Å². The minimum absolute atomic E-state index is 0.0430. The van der Waals surface area contributed by atoms with E-state index in [0.29, 0.717) is 11.4 Å². The standard InChI is InChI=1S/C10H11NO3.C5H11NO.CH2O/c1-6-10(13)11-8-4-7(5-12)2-3-9(8)14-6;1-6-2-4-7-5-3-6;1-2/h2-4,6,12H,5H2,1H3,(H,11,13);2-5H2,1H3;1H2. The number of morpholine rings is 1. The first kappa shape index (κ1) is 19.1. The van der Waals surface area contributed by atoms with Gasteiger partial charge >= 0.3 is 0 Å². The molecule has 2 aliphatic rings. The monoisotopic (exact) mass is 324 g/mol.